The maximum atomic E-state index is 12.3. The summed E-state index contributed by atoms with van der Waals surface area (Å²) in [7, 11) is 0. The van der Waals surface area contributed by atoms with Crippen LogP contribution in [0.4, 0.5) is 18.3 Å². The minimum Gasteiger partial charge on any atom is -0.479 e. The van der Waals surface area contributed by atoms with Crippen LogP contribution in [0.1, 0.15) is 17.8 Å². The second-order valence-electron chi connectivity index (χ2n) is 3.95. The SMILES string of the molecule is O=C(O)C1CCC(CNc2nnc(C(F)(F)F)s2)O1. The number of halogens is 3. The van der Waals surface area contributed by atoms with Gasteiger partial charge in [0.1, 0.15) is 0 Å². The van der Waals surface area contributed by atoms with Crippen molar-refractivity contribution in [2.75, 3.05) is 11.9 Å². The van der Waals surface area contributed by atoms with Crippen LogP contribution in [-0.2, 0) is 15.7 Å². The van der Waals surface area contributed by atoms with Gasteiger partial charge in [0.05, 0.1) is 6.10 Å². The number of ether oxygens (including phenoxy) is 1. The third kappa shape index (κ3) is 3.53. The molecule has 19 heavy (non-hydrogen) atoms. The number of nitrogens with one attached hydrogen (secondary N) is 1. The second-order valence-corrected chi connectivity index (χ2v) is 4.93. The molecule has 1 aliphatic heterocycles. The molecule has 6 nitrogen and oxygen atoms in total. The normalized spacial score (nSPS) is 23.5. The van der Waals surface area contributed by atoms with E-state index in [2.05, 4.69) is 15.5 Å². The van der Waals surface area contributed by atoms with Crippen LogP contribution in [0.2, 0.25) is 0 Å². The van der Waals surface area contributed by atoms with Gasteiger partial charge in [-0.15, -0.1) is 10.2 Å². The Bertz CT molecular complexity index is 465. The maximum absolute atomic E-state index is 12.3. The molecule has 0 bridgehead atoms. The average molecular weight is 297 g/mol. The van der Waals surface area contributed by atoms with Crippen molar-refractivity contribution in [3.05, 3.63) is 5.01 Å². The van der Waals surface area contributed by atoms with Crippen LogP contribution in [0.5, 0.6) is 0 Å². The van der Waals surface area contributed by atoms with Crippen molar-refractivity contribution in [2.45, 2.75) is 31.2 Å². The number of carbonyl (C=O) groups is 1. The number of carboxylic acids is 1. The molecule has 106 valence electrons. The zero-order valence-corrected chi connectivity index (χ0v) is 10.3. The molecule has 0 saturated carbocycles. The van der Waals surface area contributed by atoms with Gasteiger partial charge in [0.15, 0.2) is 6.10 Å². The van der Waals surface area contributed by atoms with Gasteiger partial charge in [-0.1, -0.05) is 11.3 Å². The third-order valence-electron chi connectivity index (χ3n) is 2.53. The van der Waals surface area contributed by atoms with E-state index in [1.807, 2.05) is 0 Å². The highest BCUT2D eigenvalue weighted by molar-refractivity contribution is 7.15. The van der Waals surface area contributed by atoms with Gasteiger partial charge in [-0.05, 0) is 12.8 Å². The van der Waals surface area contributed by atoms with Crippen molar-refractivity contribution < 1.29 is 27.8 Å². The fourth-order valence-corrected chi connectivity index (χ4v) is 2.27. The summed E-state index contributed by atoms with van der Waals surface area (Å²) in [4.78, 5) is 10.6. The van der Waals surface area contributed by atoms with Crippen molar-refractivity contribution in [2.24, 2.45) is 0 Å². The molecule has 0 spiro atoms. The first-order chi connectivity index (χ1) is 8.86. The molecule has 2 atom stereocenters. The Morgan fingerprint density at radius 3 is 2.74 bits per heavy atom. The Hall–Kier alpha value is -1.42. The third-order valence-corrected chi connectivity index (χ3v) is 3.46. The van der Waals surface area contributed by atoms with Crippen LogP contribution >= 0.6 is 11.3 Å². The number of hydrogen-bond donors (Lipinski definition) is 2. The van der Waals surface area contributed by atoms with E-state index >= 15 is 0 Å². The highest BCUT2D eigenvalue weighted by atomic mass is 32.1. The van der Waals surface area contributed by atoms with E-state index in [0.29, 0.717) is 24.2 Å². The monoisotopic (exact) mass is 297 g/mol. The molecule has 1 fully saturated rings. The van der Waals surface area contributed by atoms with Gasteiger partial charge < -0.3 is 15.2 Å². The number of alkyl halides is 3. The molecule has 2 heterocycles. The summed E-state index contributed by atoms with van der Waals surface area (Å²) in [6, 6.07) is 0. The molecular formula is C9H10F3N3O3S. The highest BCUT2D eigenvalue weighted by Gasteiger charge is 2.36. The lowest BCUT2D eigenvalue weighted by Crippen LogP contribution is -2.24. The first-order valence-electron chi connectivity index (χ1n) is 5.39. The predicted molar refractivity (Wildman–Crippen MR) is 58.9 cm³/mol. The summed E-state index contributed by atoms with van der Waals surface area (Å²) in [6.07, 6.45) is -4.76. The van der Waals surface area contributed by atoms with E-state index in [1.165, 1.54) is 0 Å². The molecule has 0 amide bonds. The zero-order chi connectivity index (χ0) is 14.0. The van der Waals surface area contributed by atoms with Gasteiger partial charge in [-0.2, -0.15) is 13.2 Å². The minimum absolute atomic E-state index is 0.0368. The number of rotatable bonds is 4. The van der Waals surface area contributed by atoms with Crippen molar-refractivity contribution in [1.82, 2.24) is 10.2 Å². The van der Waals surface area contributed by atoms with Crippen molar-refractivity contribution in [3.8, 4) is 0 Å². The smallest absolute Gasteiger partial charge is 0.445 e. The molecule has 2 unspecified atom stereocenters. The highest BCUT2D eigenvalue weighted by Crippen LogP contribution is 2.33. The summed E-state index contributed by atoms with van der Waals surface area (Å²) in [6.45, 7) is 0.205. The van der Waals surface area contributed by atoms with Gasteiger partial charge in [0.25, 0.3) is 0 Å². The summed E-state index contributed by atoms with van der Waals surface area (Å²) in [5.74, 6) is -1.03. The Labute approximate surface area is 109 Å². The average Bonchev–Trinajstić information content (AvgIpc) is 2.95. The summed E-state index contributed by atoms with van der Waals surface area (Å²) in [5.41, 5.74) is 0. The fourth-order valence-electron chi connectivity index (χ4n) is 1.65. The molecule has 0 radical (unpaired) electrons. The zero-order valence-electron chi connectivity index (χ0n) is 9.48. The van der Waals surface area contributed by atoms with Crippen molar-refractivity contribution in [3.63, 3.8) is 0 Å². The lowest BCUT2D eigenvalue weighted by molar-refractivity contribution is -0.149. The largest absolute Gasteiger partial charge is 0.479 e. The van der Waals surface area contributed by atoms with E-state index in [-0.39, 0.29) is 17.8 Å². The molecule has 1 aliphatic rings. The molecule has 1 aromatic heterocycles. The standard InChI is InChI=1S/C9H10F3N3O3S/c10-9(11,12)7-14-15-8(19-7)13-3-4-1-2-5(18-4)6(16)17/h4-5H,1-3H2,(H,13,15)(H,16,17). The number of anilines is 1. The van der Waals surface area contributed by atoms with Crippen LogP contribution in [-0.4, -0.2) is 40.0 Å². The lowest BCUT2D eigenvalue weighted by atomic mass is 10.2. The van der Waals surface area contributed by atoms with Crippen LogP contribution in [0.3, 0.4) is 0 Å². The van der Waals surface area contributed by atoms with E-state index in [4.69, 9.17) is 9.84 Å². The Kier molecular flexibility index (Phi) is 3.90. The van der Waals surface area contributed by atoms with Crippen LogP contribution in [0, 0.1) is 0 Å². The number of carboxylic acid groups (broad SMARTS) is 1. The van der Waals surface area contributed by atoms with Crippen LogP contribution < -0.4 is 5.32 Å². The predicted octanol–water partition coefficient (Wildman–Crippen LogP) is 1.60. The van der Waals surface area contributed by atoms with Gasteiger partial charge >= 0.3 is 12.1 Å². The number of hydrogen-bond acceptors (Lipinski definition) is 6. The quantitative estimate of drug-likeness (QED) is 0.878. The number of aliphatic carboxylic acids is 1. The number of nitrogens with zero attached hydrogens (tertiary/aromatic N) is 2. The molecular weight excluding hydrogens is 287 g/mol. The van der Waals surface area contributed by atoms with Crippen LogP contribution in [0.15, 0.2) is 0 Å². The van der Waals surface area contributed by atoms with E-state index < -0.39 is 23.3 Å². The van der Waals surface area contributed by atoms with Gasteiger partial charge in [-0.3, -0.25) is 0 Å². The first kappa shape index (κ1) is 14.0. The summed E-state index contributed by atoms with van der Waals surface area (Å²) < 4.78 is 42.0. The minimum atomic E-state index is -4.50. The summed E-state index contributed by atoms with van der Waals surface area (Å²) in [5, 5.41) is 16.8. The lowest BCUT2D eigenvalue weighted by Gasteiger charge is -2.11. The van der Waals surface area contributed by atoms with E-state index in [9.17, 15) is 18.0 Å². The van der Waals surface area contributed by atoms with E-state index in [1.54, 1.807) is 0 Å². The Morgan fingerprint density at radius 1 is 1.47 bits per heavy atom. The Balaban J connectivity index is 1.83. The van der Waals surface area contributed by atoms with Crippen LogP contribution in [0.25, 0.3) is 0 Å². The van der Waals surface area contributed by atoms with E-state index in [0.717, 1.165) is 0 Å². The number of aromatic nitrogens is 2. The molecule has 1 aromatic rings. The van der Waals surface area contributed by atoms with Gasteiger partial charge in [0.2, 0.25) is 10.1 Å². The fraction of sp³-hybridized carbons (Fsp3) is 0.667. The Morgan fingerprint density at radius 2 is 2.21 bits per heavy atom. The summed E-state index contributed by atoms with van der Waals surface area (Å²) >= 11 is 0.400. The van der Waals surface area contributed by atoms with Gasteiger partial charge in [0, 0.05) is 6.54 Å². The molecule has 0 aliphatic carbocycles. The van der Waals surface area contributed by atoms with Gasteiger partial charge in [-0.25, -0.2) is 4.79 Å². The molecule has 2 rings (SSSR count). The molecule has 2 N–H and O–H groups in total. The molecule has 1 saturated heterocycles. The van der Waals surface area contributed by atoms with Crippen molar-refractivity contribution >= 4 is 22.4 Å². The van der Waals surface area contributed by atoms with Crippen molar-refractivity contribution in [1.29, 1.82) is 0 Å². The second kappa shape index (κ2) is 5.29. The molecule has 10 heteroatoms. The molecule has 0 aromatic carbocycles. The topological polar surface area (TPSA) is 84.3 Å². The maximum Gasteiger partial charge on any atom is 0.445 e. The first-order valence-corrected chi connectivity index (χ1v) is 6.21.